The van der Waals surface area contributed by atoms with Crippen LogP contribution in [0.25, 0.3) is 0 Å². The summed E-state index contributed by atoms with van der Waals surface area (Å²) < 4.78 is 0. The van der Waals surface area contributed by atoms with Crippen molar-refractivity contribution < 1.29 is 4.79 Å². The second-order valence-corrected chi connectivity index (χ2v) is 3.56. The lowest BCUT2D eigenvalue weighted by Gasteiger charge is -2.10. The first-order valence-electron chi connectivity index (χ1n) is 5.06. The fourth-order valence-electron chi connectivity index (χ4n) is 1.16. The summed E-state index contributed by atoms with van der Waals surface area (Å²) in [4.78, 5) is 17.2. The molecule has 1 aromatic heterocycles. The van der Waals surface area contributed by atoms with Crippen molar-refractivity contribution in [3.05, 3.63) is 24.0 Å². The normalized spacial score (nSPS) is 9.80. The van der Waals surface area contributed by atoms with Crippen LogP contribution in [-0.2, 0) is 0 Å². The van der Waals surface area contributed by atoms with Crippen LogP contribution in [0.1, 0.15) is 23.8 Å². The van der Waals surface area contributed by atoms with Crippen molar-refractivity contribution in [1.29, 1.82) is 0 Å². The predicted molar refractivity (Wildman–Crippen MR) is 61.0 cm³/mol. The van der Waals surface area contributed by atoms with Crippen LogP contribution < -0.4 is 5.32 Å². The molecule has 15 heavy (non-hydrogen) atoms. The number of hydrogen-bond acceptors (Lipinski definition) is 3. The monoisotopic (exact) mass is 207 g/mol. The van der Waals surface area contributed by atoms with Gasteiger partial charge in [0.1, 0.15) is 5.69 Å². The molecular formula is C11H17N3O. The van der Waals surface area contributed by atoms with Crippen molar-refractivity contribution in [2.24, 2.45) is 0 Å². The van der Waals surface area contributed by atoms with Gasteiger partial charge in [-0.3, -0.25) is 9.78 Å². The van der Waals surface area contributed by atoms with E-state index in [4.69, 9.17) is 0 Å². The van der Waals surface area contributed by atoms with Crippen molar-refractivity contribution in [1.82, 2.24) is 9.88 Å². The molecule has 82 valence electrons. The summed E-state index contributed by atoms with van der Waals surface area (Å²) in [5.74, 6) is -0.0739. The summed E-state index contributed by atoms with van der Waals surface area (Å²) in [6, 6.07) is 3.64. The summed E-state index contributed by atoms with van der Waals surface area (Å²) in [6.07, 6.45) is 2.70. The number of anilines is 1. The van der Waals surface area contributed by atoms with E-state index < -0.39 is 0 Å². The maximum Gasteiger partial charge on any atom is 0.272 e. The molecule has 0 aliphatic heterocycles. The van der Waals surface area contributed by atoms with Gasteiger partial charge in [-0.05, 0) is 18.6 Å². The topological polar surface area (TPSA) is 45.2 Å². The quantitative estimate of drug-likeness (QED) is 0.815. The maximum atomic E-state index is 11.6. The molecule has 0 aliphatic carbocycles. The van der Waals surface area contributed by atoms with Crippen molar-refractivity contribution >= 4 is 11.6 Å². The van der Waals surface area contributed by atoms with Gasteiger partial charge in [0, 0.05) is 32.5 Å². The summed E-state index contributed by atoms with van der Waals surface area (Å²) in [7, 11) is 3.44. The van der Waals surface area contributed by atoms with Gasteiger partial charge in [0.05, 0.1) is 0 Å². The molecule has 4 heteroatoms. The molecule has 0 aromatic carbocycles. The number of nitrogens with zero attached hydrogens (tertiary/aromatic N) is 2. The molecule has 0 bridgehead atoms. The number of aromatic nitrogens is 1. The molecule has 0 spiro atoms. The fraction of sp³-hybridized carbons (Fsp3) is 0.455. The van der Waals surface area contributed by atoms with Gasteiger partial charge < -0.3 is 10.2 Å². The largest absolute Gasteiger partial charge is 0.385 e. The molecule has 0 fully saturated rings. The molecule has 1 rings (SSSR count). The minimum Gasteiger partial charge on any atom is -0.385 e. The Morgan fingerprint density at radius 3 is 2.87 bits per heavy atom. The van der Waals surface area contributed by atoms with Crippen molar-refractivity contribution in [2.75, 3.05) is 26.0 Å². The number of pyridine rings is 1. The smallest absolute Gasteiger partial charge is 0.272 e. The Morgan fingerprint density at radius 2 is 2.27 bits per heavy atom. The van der Waals surface area contributed by atoms with Gasteiger partial charge in [0.15, 0.2) is 0 Å². The Kier molecular flexibility index (Phi) is 4.09. The van der Waals surface area contributed by atoms with E-state index in [1.165, 1.54) is 4.90 Å². The van der Waals surface area contributed by atoms with Crippen LogP contribution in [0.5, 0.6) is 0 Å². The Labute approximate surface area is 90.3 Å². The highest BCUT2D eigenvalue weighted by molar-refractivity contribution is 5.92. The van der Waals surface area contributed by atoms with Gasteiger partial charge in [0.2, 0.25) is 0 Å². The first kappa shape index (κ1) is 11.5. The first-order chi connectivity index (χ1) is 7.15. The van der Waals surface area contributed by atoms with Crippen molar-refractivity contribution in [3.8, 4) is 0 Å². The zero-order chi connectivity index (χ0) is 11.3. The second-order valence-electron chi connectivity index (χ2n) is 3.56. The van der Waals surface area contributed by atoms with Gasteiger partial charge in [0.25, 0.3) is 5.91 Å². The summed E-state index contributed by atoms with van der Waals surface area (Å²) in [5, 5.41) is 3.22. The van der Waals surface area contributed by atoms with Crippen LogP contribution in [0.15, 0.2) is 18.3 Å². The number of amides is 1. The molecule has 0 saturated heterocycles. The van der Waals surface area contributed by atoms with Gasteiger partial charge in [-0.2, -0.15) is 0 Å². The van der Waals surface area contributed by atoms with Crippen LogP contribution in [0, 0.1) is 0 Å². The number of rotatable bonds is 4. The molecule has 1 aromatic rings. The highest BCUT2D eigenvalue weighted by atomic mass is 16.2. The van der Waals surface area contributed by atoms with Gasteiger partial charge in [-0.1, -0.05) is 6.92 Å². The summed E-state index contributed by atoms with van der Waals surface area (Å²) in [6.45, 7) is 3.00. The minimum atomic E-state index is -0.0739. The second kappa shape index (κ2) is 5.34. The molecule has 0 radical (unpaired) electrons. The van der Waals surface area contributed by atoms with Crippen LogP contribution in [0.4, 0.5) is 5.69 Å². The third-order valence-corrected chi connectivity index (χ3v) is 1.96. The maximum absolute atomic E-state index is 11.6. The van der Waals surface area contributed by atoms with E-state index in [1.807, 2.05) is 6.07 Å². The minimum absolute atomic E-state index is 0.0739. The average molecular weight is 207 g/mol. The third kappa shape index (κ3) is 3.23. The zero-order valence-electron chi connectivity index (χ0n) is 9.45. The Hall–Kier alpha value is -1.58. The van der Waals surface area contributed by atoms with E-state index >= 15 is 0 Å². The standard InChI is InChI=1S/C11H17N3O/c1-4-6-12-9-5-7-13-10(8-9)11(15)14(2)3/h5,7-8H,4,6H2,1-3H3,(H,12,13). The Bertz CT molecular complexity index is 336. The fourth-order valence-corrected chi connectivity index (χ4v) is 1.16. The highest BCUT2D eigenvalue weighted by Crippen LogP contribution is 2.08. The first-order valence-corrected chi connectivity index (χ1v) is 5.06. The van der Waals surface area contributed by atoms with Crippen LogP contribution in [-0.4, -0.2) is 36.4 Å². The zero-order valence-corrected chi connectivity index (χ0v) is 9.45. The summed E-state index contributed by atoms with van der Waals surface area (Å²) in [5.41, 5.74) is 1.41. The SMILES string of the molecule is CCCNc1ccnc(C(=O)N(C)C)c1. The molecule has 0 saturated carbocycles. The number of carbonyl (C=O) groups excluding carboxylic acids is 1. The van der Waals surface area contributed by atoms with Crippen molar-refractivity contribution in [2.45, 2.75) is 13.3 Å². The lowest BCUT2D eigenvalue weighted by atomic mass is 10.3. The van der Waals surface area contributed by atoms with E-state index in [1.54, 1.807) is 26.4 Å². The molecular weight excluding hydrogens is 190 g/mol. The molecule has 0 aliphatic rings. The molecule has 0 unspecified atom stereocenters. The van der Waals surface area contributed by atoms with Crippen LogP contribution in [0.2, 0.25) is 0 Å². The Morgan fingerprint density at radius 1 is 1.53 bits per heavy atom. The van der Waals surface area contributed by atoms with Crippen LogP contribution >= 0.6 is 0 Å². The van der Waals surface area contributed by atoms with E-state index in [0.29, 0.717) is 5.69 Å². The molecule has 1 amide bonds. The van der Waals surface area contributed by atoms with Gasteiger partial charge >= 0.3 is 0 Å². The highest BCUT2D eigenvalue weighted by Gasteiger charge is 2.09. The van der Waals surface area contributed by atoms with Crippen molar-refractivity contribution in [3.63, 3.8) is 0 Å². The Balaban J connectivity index is 2.78. The predicted octanol–water partition coefficient (Wildman–Crippen LogP) is 1.61. The number of carbonyl (C=O) groups is 1. The number of nitrogens with one attached hydrogen (secondary N) is 1. The lowest BCUT2D eigenvalue weighted by molar-refractivity contribution is 0.0822. The lowest BCUT2D eigenvalue weighted by Crippen LogP contribution is -2.22. The van der Waals surface area contributed by atoms with E-state index in [-0.39, 0.29) is 5.91 Å². The van der Waals surface area contributed by atoms with Gasteiger partial charge in [-0.25, -0.2) is 0 Å². The molecule has 0 atom stereocenters. The van der Waals surface area contributed by atoms with E-state index in [0.717, 1.165) is 18.7 Å². The van der Waals surface area contributed by atoms with Crippen LogP contribution in [0.3, 0.4) is 0 Å². The third-order valence-electron chi connectivity index (χ3n) is 1.96. The molecule has 1 heterocycles. The molecule has 1 N–H and O–H groups in total. The van der Waals surface area contributed by atoms with Gasteiger partial charge in [-0.15, -0.1) is 0 Å². The average Bonchev–Trinajstić information content (AvgIpc) is 2.25. The molecule has 4 nitrogen and oxygen atoms in total. The van der Waals surface area contributed by atoms with E-state index in [9.17, 15) is 4.79 Å². The summed E-state index contributed by atoms with van der Waals surface area (Å²) >= 11 is 0. The number of hydrogen-bond donors (Lipinski definition) is 1. The van der Waals surface area contributed by atoms with E-state index in [2.05, 4.69) is 17.2 Å².